The van der Waals surface area contributed by atoms with Crippen LogP contribution in [0.25, 0.3) is 0 Å². The molecule has 2 aromatic heterocycles. The first kappa shape index (κ1) is 19.5. The Labute approximate surface area is 148 Å². The molecule has 6 nitrogen and oxygen atoms in total. The Morgan fingerprint density at radius 3 is 2.69 bits per heavy atom. The summed E-state index contributed by atoms with van der Waals surface area (Å²) in [6, 6.07) is 6.15. The van der Waals surface area contributed by atoms with Gasteiger partial charge in [0, 0.05) is 36.6 Å². The van der Waals surface area contributed by atoms with Crippen molar-refractivity contribution in [2.75, 3.05) is 18.5 Å². The first-order valence-corrected chi connectivity index (χ1v) is 7.92. The second-order valence-corrected chi connectivity index (χ2v) is 5.44. The lowest BCUT2D eigenvalue weighted by Crippen LogP contribution is -2.24. The highest BCUT2D eigenvalue weighted by molar-refractivity contribution is 5.94. The van der Waals surface area contributed by atoms with Crippen LogP contribution in [0, 0.1) is 6.92 Å². The molecule has 0 saturated carbocycles. The topological polar surface area (TPSA) is 76.1 Å². The molecule has 0 atom stereocenters. The second-order valence-electron chi connectivity index (χ2n) is 5.44. The predicted molar refractivity (Wildman–Crippen MR) is 90.1 cm³/mol. The number of hydrogen-bond donors (Lipinski definition) is 2. The van der Waals surface area contributed by atoms with Crippen LogP contribution in [0.15, 0.2) is 30.5 Å². The molecule has 2 heterocycles. The molecule has 0 spiro atoms. The lowest BCUT2D eigenvalue weighted by molar-refractivity contribution is -0.154. The van der Waals surface area contributed by atoms with E-state index in [2.05, 4.69) is 25.3 Å². The fraction of sp³-hybridized carbons (Fsp3) is 0.353. The van der Waals surface area contributed by atoms with Crippen LogP contribution in [0.3, 0.4) is 0 Å². The number of nitrogens with one attached hydrogen (secondary N) is 2. The molecule has 2 aromatic rings. The van der Waals surface area contributed by atoms with Crippen LogP contribution >= 0.6 is 0 Å². The van der Waals surface area contributed by atoms with Gasteiger partial charge in [0.05, 0.1) is 0 Å². The van der Waals surface area contributed by atoms with Crippen molar-refractivity contribution < 1.29 is 22.7 Å². The lowest BCUT2D eigenvalue weighted by atomic mass is 10.2. The Morgan fingerprint density at radius 1 is 1.27 bits per heavy atom. The monoisotopic (exact) mass is 368 g/mol. The van der Waals surface area contributed by atoms with E-state index in [-0.39, 0.29) is 18.3 Å². The fourth-order valence-electron chi connectivity index (χ4n) is 2.12. The number of nitrogens with zero attached hydrogens (tertiary/aromatic N) is 2. The summed E-state index contributed by atoms with van der Waals surface area (Å²) in [6.45, 7) is 3.04. The van der Waals surface area contributed by atoms with Crippen molar-refractivity contribution in [2.45, 2.75) is 26.6 Å². The van der Waals surface area contributed by atoms with E-state index in [1.165, 1.54) is 12.3 Å². The number of alkyl halides is 3. The minimum absolute atomic E-state index is 0.112. The van der Waals surface area contributed by atoms with E-state index >= 15 is 0 Å². The summed E-state index contributed by atoms with van der Waals surface area (Å²) < 4.78 is 41.1. The molecule has 0 radical (unpaired) electrons. The maximum atomic E-state index is 12.2. The molecule has 0 fully saturated rings. The molecular weight excluding hydrogens is 349 g/mol. The Morgan fingerprint density at radius 2 is 2.04 bits per heavy atom. The summed E-state index contributed by atoms with van der Waals surface area (Å²) in [4.78, 5) is 20.3. The number of halogens is 3. The highest BCUT2D eigenvalue weighted by Crippen LogP contribution is 2.18. The minimum atomic E-state index is -4.42. The molecular formula is C17H19F3N4O2. The van der Waals surface area contributed by atoms with E-state index in [1.54, 1.807) is 25.1 Å². The molecule has 0 bridgehead atoms. The van der Waals surface area contributed by atoms with Gasteiger partial charge in [0.1, 0.15) is 5.82 Å². The zero-order chi connectivity index (χ0) is 19.2. The molecule has 9 heteroatoms. The molecule has 140 valence electrons. The number of aryl methyl sites for hydroxylation is 1. The number of hydrogen-bond acceptors (Lipinski definition) is 5. The first-order valence-electron chi connectivity index (χ1n) is 7.92. The summed E-state index contributed by atoms with van der Waals surface area (Å²) in [6.07, 6.45) is -2.88. The predicted octanol–water partition coefficient (Wildman–Crippen LogP) is 3.09. The van der Waals surface area contributed by atoms with Gasteiger partial charge in [-0.15, -0.1) is 0 Å². The second kappa shape index (κ2) is 8.50. The highest BCUT2D eigenvalue weighted by atomic mass is 19.4. The quantitative estimate of drug-likeness (QED) is 0.786. The first-order chi connectivity index (χ1) is 12.3. The van der Waals surface area contributed by atoms with Gasteiger partial charge in [0.15, 0.2) is 6.61 Å². The van der Waals surface area contributed by atoms with E-state index in [1.807, 2.05) is 6.92 Å². The van der Waals surface area contributed by atoms with Crippen LogP contribution in [0.1, 0.15) is 28.5 Å². The summed E-state index contributed by atoms with van der Waals surface area (Å²) in [5, 5.41) is 5.77. The Bertz CT molecular complexity index is 766. The van der Waals surface area contributed by atoms with Crippen molar-refractivity contribution in [3.05, 3.63) is 47.3 Å². The number of pyridine rings is 2. The summed E-state index contributed by atoms with van der Waals surface area (Å²) >= 11 is 0. The third kappa shape index (κ3) is 5.91. The van der Waals surface area contributed by atoms with Gasteiger partial charge >= 0.3 is 6.18 Å². The molecule has 2 N–H and O–H groups in total. The van der Waals surface area contributed by atoms with Crippen molar-refractivity contribution in [1.82, 2.24) is 15.3 Å². The fourth-order valence-corrected chi connectivity index (χ4v) is 2.12. The maximum absolute atomic E-state index is 12.2. The summed E-state index contributed by atoms with van der Waals surface area (Å²) in [5.41, 5.74) is 1.61. The van der Waals surface area contributed by atoms with E-state index in [9.17, 15) is 18.0 Å². The zero-order valence-electron chi connectivity index (χ0n) is 14.4. The van der Waals surface area contributed by atoms with Crippen molar-refractivity contribution >= 4 is 11.7 Å². The number of rotatable bonds is 7. The molecule has 0 aromatic carbocycles. The largest absolute Gasteiger partial charge is 0.468 e. The van der Waals surface area contributed by atoms with Gasteiger partial charge in [0.25, 0.3) is 5.91 Å². The average molecular weight is 368 g/mol. The molecule has 0 aliphatic rings. The number of aromatic nitrogens is 2. The Hall–Kier alpha value is -2.84. The zero-order valence-corrected chi connectivity index (χ0v) is 14.4. The average Bonchev–Trinajstić information content (AvgIpc) is 2.59. The number of amides is 1. The van der Waals surface area contributed by atoms with E-state index < -0.39 is 12.8 Å². The number of carbonyl (C=O) groups is 1. The Balaban J connectivity index is 1.96. The van der Waals surface area contributed by atoms with Crippen molar-refractivity contribution in [3.63, 3.8) is 0 Å². The third-order valence-electron chi connectivity index (χ3n) is 3.37. The van der Waals surface area contributed by atoms with Crippen LogP contribution in [0.4, 0.5) is 19.0 Å². The molecule has 0 aliphatic carbocycles. The lowest BCUT2D eigenvalue weighted by Gasteiger charge is -2.11. The molecule has 0 aliphatic heterocycles. The van der Waals surface area contributed by atoms with Crippen molar-refractivity contribution in [1.29, 1.82) is 0 Å². The van der Waals surface area contributed by atoms with E-state index in [4.69, 9.17) is 0 Å². The minimum Gasteiger partial charge on any atom is -0.468 e. The van der Waals surface area contributed by atoms with Crippen LogP contribution in [-0.4, -0.2) is 35.2 Å². The van der Waals surface area contributed by atoms with E-state index in [0.29, 0.717) is 29.2 Å². The van der Waals surface area contributed by atoms with Gasteiger partial charge in [-0.2, -0.15) is 13.2 Å². The van der Waals surface area contributed by atoms with Gasteiger partial charge in [-0.05, 0) is 31.5 Å². The van der Waals surface area contributed by atoms with Crippen LogP contribution in [-0.2, 0) is 6.54 Å². The van der Waals surface area contributed by atoms with E-state index in [0.717, 1.165) is 0 Å². The van der Waals surface area contributed by atoms with Crippen LogP contribution < -0.4 is 15.4 Å². The van der Waals surface area contributed by atoms with Gasteiger partial charge in [-0.1, -0.05) is 6.07 Å². The van der Waals surface area contributed by atoms with Gasteiger partial charge < -0.3 is 15.4 Å². The molecule has 1 amide bonds. The van der Waals surface area contributed by atoms with Crippen LogP contribution in [0.2, 0.25) is 0 Å². The maximum Gasteiger partial charge on any atom is 0.422 e. The highest BCUT2D eigenvalue weighted by Gasteiger charge is 2.28. The van der Waals surface area contributed by atoms with Crippen LogP contribution in [0.5, 0.6) is 5.88 Å². The third-order valence-corrected chi connectivity index (χ3v) is 3.37. The molecule has 26 heavy (non-hydrogen) atoms. The van der Waals surface area contributed by atoms with Gasteiger partial charge in [0.2, 0.25) is 5.88 Å². The summed E-state index contributed by atoms with van der Waals surface area (Å²) in [5.74, 6) is 0.201. The molecule has 2 rings (SSSR count). The normalized spacial score (nSPS) is 11.1. The number of ether oxygens (including phenoxy) is 1. The van der Waals surface area contributed by atoms with Gasteiger partial charge in [-0.3, -0.25) is 4.79 Å². The molecule has 0 unspecified atom stereocenters. The molecule has 0 saturated heterocycles. The van der Waals surface area contributed by atoms with Crippen molar-refractivity contribution in [3.8, 4) is 5.88 Å². The van der Waals surface area contributed by atoms with Crippen molar-refractivity contribution in [2.24, 2.45) is 0 Å². The Kier molecular flexibility index (Phi) is 6.37. The smallest absolute Gasteiger partial charge is 0.422 e. The summed E-state index contributed by atoms with van der Waals surface area (Å²) in [7, 11) is 0. The standard InChI is InChI=1S/C17H19F3N4O2/c1-3-21-14-8-12(6-7-22-14)16(25)23-9-13-4-5-15(24-11(13)2)26-10-17(18,19)20/h4-8H,3,9-10H2,1-2H3,(H,21,22)(H,23,25). The SMILES string of the molecule is CCNc1cc(C(=O)NCc2ccc(OCC(F)(F)F)nc2C)ccn1. The number of carbonyl (C=O) groups excluding carboxylic acids is 1. The number of anilines is 1. The van der Waals surface area contributed by atoms with Gasteiger partial charge in [-0.25, -0.2) is 9.97 Å².